The highest BCUT2D eigenvalue weighted by molar-refractivity contribution is 5.81. The smallest absolute Gasteiger partial charge is 0.236 e. The van der Waals surface area contributed by atoms with Crippen molar-refractivity contribution < 1.29 is 9.59 Å². The van der Waals surface area contributed by atoms with Crippen LogP contribution in [0.25, 0.3) is 0 Å². The quantitative estimate of drug-likeness (QED) is 0.749. The van der Waals surface area contributed by atoms with E-state index in [1.165, 1.54) is 0 Å². The van der Waals surface area contributed by atoms with Gasteiger partial charge in [0.1, 0.15) is 0 Å². The van der Waals surface area contributed by atoms with Crippen LogP contribution in [0.2, 0.25) is 0 Å². The van der Waals surface area contributed by atoms with E-state index in [1.807, 2.05) is 0 Å². The van der Waals surface area contributed by atoms with Crippen molar-refractivity contribution in [1.29, 1.82) is 0 Å². The molecule has 0 aromatic carbocycles. The molecule has 2 saturated heterocycles. The lowest BCUT2D eigenvalue weighted by atomic mass is 9.92. The third-order valence-electron chi connectivity index (χ3n) is 4.89. The predicted octanol–water partition coefficient (Wildman–Crippen LogP) is -0.230. The Bertz CT molecular complexity index is 388. The Hall–Kier alpha value is -1.14. The number of rotatable bonds is 4. The van der Waals surface area contributed by atoms with Crippen molar-refractivity contribution in [1.82, 2.24) is 9.80 Å². The number of nitrogens with two attached hydrogens (primary N) is 2. The van der Waals surface area contributed by atoms with Gasteiger partial charge in [-0.25, -0.2) is 0 Å². The van der Waals surface area contributed by atoms with Crippen LogP contribution in [-0.2, 0) is 9.59 Å². The Morgan fingerprint density at radius 3 is 2.67 bits per heavy atom. The summed E-state index contributed by atoms with van der Waals surface area (Å²) in [4.78, 5) is 27.8. The Balaban J connectivity index is 1.89. The monoisotopic (exact) mass is 296 g/mol. The molecule has 2 rings (SSSR count). The van der Waals surface area contributed by atoms with Gasteiger partial charge in [-0.2, -0.15) is 0 Å². The molecule has 3 atom stereocenters. The van der Waals surface area contributed by atoms with Crippen molar-refractivity contribution in [3.63, 3.8) is 0 Å². The zero-order valence-electron chi connectivity index (χ0n) is 13.0. The molecule has 120 valence electrons. The minimum absolute atomic E-state index is 0.106. The van der Waals surface area contributed by atoms with Gasteiger partial charge in [-0.05, 0) is 38.1 Å². The van der Waals surface area contributed by atoms with Gasteiger partial charge in [-0.1, -0.05) is 6.92 Å². The highest BCUT2D eigenvalue weighted by Crippen LogP contribution is 2.22. The van der Waals surface area contributed by atoms with Gasteiger partial charge in [0, 0.05) is 25.7 Å². The molecule has 6 nitrogen and oxygen atoms in total. The molecule has 0 saturated carbocycles. The van der Waals surface area contributed by atoms with E-state index in [-0.39, 0.29) is 17.7 Å². The van der Waals surface area contributed by atoms with E-state index < -0.39 is 0 Å². The summed E-state index contributed by atoms with van der Waals surface area (Å²) >= 11 is 0. The first kappa shape index (κ1) is 16.2. The maximum Gasteiger partial charge on any atom is 0.236 e. The number of nitrogens with zero attached hydrogens (tertiary/aromatic N) is 2. The molecule has 0 bridgehead atoms. The van der Waals surface area contributed by atoms with Crippen LogP contribution >= 0.6 is 0 Å². The fraction of sp³-hybridized carbons (Fsp3) is 0.867. The van der Waals surface area contributed by atoms with Crippen LogP contribution in [0.5, 0.6) is 0 Å². The van der Waals surface area contributed by atoms with E-state index >= 15 is 0 Å². The van der Waals surface area contributed by atoms with Crippen molar-refractivity contribution in [3.8, 4) is 0 Å². The Morgan fingerprint density at radius 2 is 2.00 bits per heavy atom. The minimum Gasteiger partial charge on any atom is -0.369 e. The van der Waals surface area contributed by atoms with Crippen LogP contribution < -0.4 is 11.5 Å². The number of carbonyl (C=O) groups is 2. The summed E-state index contributed by atoms with van der Waals surface area (Å²) in [6.07, 6.45) is 3.84. The molecule has 0 aromatic rings. The molecule has 2 aliphatic rings. The number of carbonyl (C=O) groups excluding carboxylic acids is 2. The topological polar surface area (TPSA) is 92.7 Å². The summed E-state index contributed by atoms with van der Waals surface area (Å²) in [5, 5.41) is 0. The molecule has 2 heterocycles. The maximum atomic E-state index is 12.5. The van der Waals surface area contributed by atoms with E-state index in [0.29, 0.717) is 31.6 Å². The average molecular weight is 296 g/mol. The fourth-order valence-corrected chi connectivity index (χ4v) is 3.46. The molecule has 3 unspecified atom stereocenters. The van der Waals surface area contributed by atoms with Gasteiger partial charge in [0.2, 0.25) is 11.8 Å². The number of hydrogen-bond acceptors (Lipinski definition) is 4. The van der Waals surface area contributed by atoms with Gasteiger partial charge < -0.3 is 16.4 Å². The minimum atomic E-state index is -0.292. The van der Waals surface area contributed by atoms with E-state index in [9.17, 15) is 9.59 Å². The van der Waals surface area contributed by atoms with Crippen LogP contribution in [0.1, 0.15) is 32.6 Å². The molecule has 6 heteroatoms. The van der Waals surface area contributed by atoms with E-state index in [4.69, 9.17) is 11.5 Å². The lowest BCUT2D eigenvalue weighted by Crippen LogP contribution is -2.52. The van der Waals surface area contributed by atoms with Crippen molar-refractivity contribution in [2.45, 2.75) is 38.6 Å². The maximum absolute atomic E-state index is 12.5. The van der Waals surface area contributed by atoms with Crippen LogP contribution in [0, 0.1) is 11.8 Å². The molecule has 4 N–H and O–H groups in total. The lowest BCUT2D eigenvalue weighted by Gasteiger charge is -2.39. The Labute approximate surface area is 126 Å². The summed E-state index contributed by atoms with van der Waals surface area (Å²) in [5.41, 5.74) is 11.2. The summed E-state index contributed by atoms with van der Waals surface area (Å²) in [6.45, 7) is 5.40. The molecule has 21 heavy (non-hydrogen) atoms. The predicted molar refractivity (Wildman–Crippen MR) is 81.3 cm³/mol. The summed E-state index contributed by atoms with van der Waals surface area (Å²) in [5.74, 6) is 0.307. The zero-order chi connectivity index (χ0) is 15.4. The standard InChI is InChI=1S/C15H28N4O2/c1-11-4-6-18(13(7-11)8-16)10-14(20)19-5-2-3-12(9-19)15(17)21/h11-13H,2-10,16H2,1H3,(H2,17,21). The molecule has 0 spiro atoms. The first-order valence-corrected chi connectivity index (χ1v) is 8.02. The first-order chi connectivity index (χ1) is 10.0. The van der Waals surface area contributed by atoms with Gasteiger partial charge in [0.05, 0.1) is 12.5 Å². The first-order valence-electron chi connectivity index (χ1n) is 8.02. The van der Waals surface area contributed by atoms with Crippen LogP contribution in [0.4, 0.5) is 0 Å². The lowest BCUT2D eigenvalue weighted by molar-refractivity contribution is -0.136. The van der Waals surface area contributed by atoms with Gasteiger partial charge in [0.15, 0.2) is 0 Å². The third kappa shape index (κ3) is 4.17. The molecule has 2 amide bonds. The summed E-state index contributed by atoms with van der Waals surface area (Å²) in [6, 6.07) is 0.300. The summed E-state index contributed by atoms with van der Waals surface area (Å²) < 4.78 is 0. The van der Waals surface area contributed by atoms with E-state index in [1.54, 1.807) is 4.90 Å². The second-order valence-corrected chi connectivity index (χ2v) is 6.57. The molecular formula is C15H28N4O2. The number of likely N-dealkylation sites (tertiary alicyclic amines) is 2. The van der Waals surface area contributed by atoms with Crippen LogP contribution in [-0.4, -0.2) is 60.4 Å². The zero-order valence-corrected chi connectivity index (χ0v) is 13.0. The largest absolute Gasteiger partial charge is 0.369 e. The van der Waals surface area contributed by atoms with Crippen molar-refractivity contribution in [2.24, 2.45) is 23.3 Å². The SMILES string of the molecule is CC1CCN(CC(=O)N2CCCC(C(N)=O)C2)C(CN)C1. The molecule has 0 radical (unpaired) electrons. The van der Waals surface area contributed by atoms with E-state index in [2.05, 4.69) is 11.8 Å². The highest BCUT2D eigenvalue weighted by atomic mass is 16.2. The Kier molecular flexibility index (Phi) is 5.58. The average Bonchev–Trinajstić information content (AvgIpc) is 2.49. The van der Waals surface area contributed by atoms with Crippen LogP contribution in [0.3, 0.4) is 0 Å². The third-order valence-corrected chi connectivity index (χ3v) is 4.89. The highest BCUT2D eigenvalue weighted by Gasteiger charge is 2.31. The molecule has 2 fully saturated rings. The summed E-state index contributed by atoms with van der Waals surface area (Å²) in [7, 11) is 0. The van der Waals surface area contributed by atoms with Crippen molar-refractivity contribution >= 4 is 11.8 Å². The normalized spacial score (nSPS) is 31.1. The van der Waals surface area contributed by atoms with Crippen LogP contribution in [0.15, 0.2) is 0 Å². The number of piperidine rings is 2. The number of primary amides is 1. The fourth-order valence-electron chi connectivity index (χ4n) is 3.46. The van der Waals surface area contributed by atoms with Gasteiger partial charge in [0.25, 0.3) is 0 Å². The molecule has 0 aromatic heterocycles. The van der Waals surface area contributed by atoms with Gasteiger partial charge in [-0.15, -0.1) is 0 Å². The second kappa shape index (κ2) is 7.22. The van der Waals surface area contributed by atoms with Gasteiger partial charge in [-0.3, -0.25) is 14.5 Å². The number of hydrogen-bond donors (Lipinski definition) is 2. The molecule has 2 aliphatic heterocycles. The van der Waals surface area contributed by atoms with Crippen molar-refractivity contribution in [2.75, 3.05) is 32.7 Å². The number of amides is 2. The van der Waals surface area contributed by atoms with Gasteiger partial charge >= 0.3 is 0 Å². The van der Waals surface area contributed by atoms with Crippen molar-refractivity contribution in [3.05, 3.63) is 0 Å². The van der Waals surface area contributed by atoms with E-state index in [0.717, 1.165) is 38.8 Å². The Morgan fingerprint density at radius 1 is 1.24 bits per heavy atom. The second-order valence-electron chi connectivity index (χ2n) is 6.57. The molecule has 0 aliphatic carbocycles. The molecular weight excluding hydrogens is 268 g/mol.